The van der Waals surface area contributed by atoms with Crippen LogP contribution in [-0.4, -0.2) is 56.0 Å². The van der Waals surface area contributed by atoms with Gasteiger partial charge in [-0.3, -0.25) is 9.59 Å². The predicted octanol–water partition coefficient (Wildman–Crippen LogP) is 3.73. The first-order valence-electron chi connectivity index (χ1n) is 13.6. The minimum Gasteiger partial charge on any atom is -0.465 e. The number of carbonyl (C=O) groups excluding carboxylic acids is 3. The summed E-state index contributed by atoms with van der Waals surface area (Å²) in [7, 11) is 1.33. The molecule has 0 unspecified atom stereocenters. The van der Waals surface area contributed by atoms with Crippen LogP contribution in [0.1, 0.15) is 60.9 Å². The molecule has 0 saturated heterocycles. The average Bonchev–Trinajstić information content (AvgIpc) is 2.97. The van der Waals surface area contributed by atoms with E-state index in [0.29, 0.717) is 62.2 Å². The Bertz CT molecular complexity index is 1170. The van der Waals surface area contributed by atoms with Crippen LogP contribution in [0, 0.1) is 5.92 Å². The molecule has 216 valence electrons. The number of hydrogen-bond acceptors (Lipinski definition) is 8. The van der Waals surface area contributed by atoms with Crippen LogP contribution in [0.3, 0.4) is 0 Å². The molecule has 1 aliphatic rings. The summed E-state index contributed by atoms with van der Waals surface area (Å²) >= 11 is 0. The van der Waals surface area contributed by atoms with Crippen molar-refractivity contribution in [3.8, 4) is 0 Å². The maximum Gasteiger partial charge on any atom is 0.337 e. The molecule has 1 aliphatic heterocycles. The molecule has 0 aromatic heterocycles. The molecule has 3 rings (SSSR count). The monoisotopic (exact) mass is 553 g/mol. The lowest BCUT2D eigenvalue weighted by molar-refractivity contribution is -0.166. The second kappa shape index (κ2) is 15.6. The van der Waals surface area contributed by atoms with Crippen LogP contribution in [0.25, 0.3) is 0 Å². The maximum atomic E-state index is 13.0. The van der Waals surface area contributed by atoms with E-state index >= 15 is 0 Å². The fraction of sp³-hybridized carbons (Fsp3) is 0.433. The van der Waals surface area contributed by atoms with Crippen LogP contribution in [0.15, 0.2) is 60.4 Å². The van der Waals surface area contributed by atoms with Crippen LogP contribution in [-0.2, 0) is 23.8 Å². The number of nitrogens with one attached hydrogen (secondary N) is 2. The number of methoxy groups -OCH3 is 1. The highest BCUT2D eigenvalue weighted by Gasteiger charge is 2.37. The van der Waals surface area contributed by atoms with E-state index in [1.807, 2.05) is 19.1 Å². The smallest absolute Gasteiger partial charge is 0.337 e. The number of rotatable bonds is 14. The zero-order valence-corrected chi connectivity index (χ0v) is 23.1. The van der Waals surface area contributed by atoms with E-state index in [1.54, 1.807) is 42.5 Å². The molecule has 5 N–H and O–H groups in total. The number of aliphatic hydroxyl groups excluding tert-OH is 1. The zero-order chi connectivity index (χ0) is 28.9. The molecule has 0 radical (unpaired) electrons. The molecule has 40 heavy (non-hydrogen) atoms. The van der Waals surface area contributed by atoms with Crippen LogP contribution in [0.2, 0.25) is 0 Å². The van der Waals surface area contributed by atoms with E-state index < -0.39 is 12.3 Å². The van der Waals surface area contributed by atoms with E-state index in [2.05, 4.69) is 10.6 Å². The Balaban J connectivity index is 1.63. The Morgan fingerprint density at radius 3 is 2.48 bits per heavy atom. The van der Waals surface area contributed by atoms with Crippen molar-refractivity contribution in [2.24, 2.45) is 5.92 Å². The van der Waals surface area contributed by atoms with E-state index in [4.69, 9.17) is 19.9 Å². The second-order valence-electron chi connectivity index (χ2n) is 9.49. The predicted molar refractivity (Wildman–Crippen MR) is 151 cm³/mol. The summed E-state index contributed by atoms with van der Waals surface area (Å²) in [6.07, 6.45) is 3.74. The van der Waals surface area contributed by atoms with E-state index in [1.165, 1.54) is 7.11 Å². The van der Waals surface area contributed by atoms with Crippen LogP contribution < -0.4 is 16.4 Å². The average molecular weight is 554 g/mol. The number of nitrogen functional groups attached to an aromatic ring is 1. The van der Waals surface area contributed by atoms with Gasteiger partial charge in [0.15, 0.2) is 5.76 Å². The van der Waals surface area contributed by atoms with Crippen molar-refractivity contribution in [2.45, 2.75) is 51.2 Å². The van der Waals surface area contributed by atoms with Gasteiger partial charge in [0.1, 0.15) is 0 Å². The molecule has 2 aromatic carbocycles. The minimum absolute atomic E-state index is 0.0250. The van der Waals surface area contributed by atoms with Crippen molar-refractivity contribution >= 4 is 29.2 Å². The SMILES string of the molecule is CCO[C@@H]1OC(C(=O)NCCCCC(=O)Nc2ccccc2N)=C[C@H](c2ccc(C(=O)OC)cc2)[C@@H]1CCCO. The lowest BCUT2D eigenvalue weighted by Crippen LogP contribution is -2.39. The Kier molecular flexibility index (Phi) is 12.0. The zero-order valence-electron chi connectivity index (χ0n) is 23.1. The fourth-order valence-corrected chi connectivity index (χ4v) is 4.63. The molecule has 1 heterocycles. The number of hydrogen-bond donors (Lipinski definition) is 4. The summed E-state index contributed by atoms with van der Waals surface area (Å²) in [6, 6.07) is 14.1. The van der Waals surface area contributed by atoms with Gasteiger partial charge in [0.05, 0.1) is 24.0 Å². The number of allylic oxidation sites excluding steroid dienone is 1. The summed E-state index contributed by atoms with van der Waals surface area (Å²) in [5.74, 6) is -1.18. The Hall–Kier alpha value is -3.89. The molecule has 0 fully saturated rings. The van der Waals surface area contributed by atoms with Crippen molar-refractivity contribution in [3.63, 3.8) is 0 Å². The van der Waals surface area contributed by atoms with Crippen LogP contribution in [0.4, 0.5) is 11.4 Å². The van der Waals surface area contributed by atoms with Gasteiger partial charge in [-0.25, -0.2) is 4.79 Å². The summed E-state index contributed by atoms with van der Waals surface area (Å²) < 4.78 is 16.7. The molecule has 2 amide bonds. The largest absolute Gasteiger partial charge is 0.465 e. The molecule has 10 heteroatoms. The van der Waals surface area contributed by atoms with E-state index in [0.717, 1.165) is 5.56 Å². The van der Waals surface area contributed by atoms with Gasteiger partial charge in [-0.2, -0.15) is 0 Å². The number of benzene rings is 2. The molecule has 0 spiro atoms. The number of nitrogens with two attached hydrogens (primary N) is 1. The summed E-state index contributed by atoms with van der Waals surface area (Å²) in [5, 5.41) is 15.1. The Morgan fingerprint density at radius 1 is 1.05 bits per heavy atom. The van der Waals surface area contributed by atoms with Gasteiger partial charge in [0.2, 0.25) is 12.2 Å². The van der Waals surface area contributed by atoms with E-state index in [-0.39, 0.29) is 36.0 Å². The van der Waals surface area contributed by atoms with Gasteiger partial charge in [-0.1, -0.05) is 24.3 Å². The molecule has 0 bridgehead atoms. The van der Waals surface area contributed by atoms with Crippen molar-refractivity contribution in [2.75, 3.05) is 37.9 Å². The second-order valence-corrected chi connectivity index (χ2v) is 9.49. The van der Waals surface area contributed by atoms with Crippen LogP contribution >= 0.6 is 0 Å². The van der Waals surface area contributed by atoms with Gasteiger partial charge in [-0.15, -0.1) is 0 Å². The Labute approximate surface area is 234 Å². The quantitative estimate of drug-likeness (QED) is 0.157. The Morgan fingerprint density at radius 2 is 1.80 bits per heavy atom. The summed E-state index contributed by atoms with van der Waals surface area (Å²) in [4.78, 5) is 37.2. The third kappa shape index (κ3) is 8.56. The highest BCUT2D eigenvalue weighted by molar-refractivity contribution is 5.94. The van der Waals surface area contributed by atoms with Gasteiger partial charge in [0, 0.05) is 38.0 Å². The van der Waals surface area contributed by atoms with Crippen molar-refractivity contribution in [1.82, 2.24) is 5.32 Å². The molecule has 3 atom stereocenters. The molecule has 2 aromatic rings. The molecular weight excluding hydrogens is 514 g/mol. The lowest BCUT2D eigenvalue weighted by Gasteiger charge is -2.37. The van der Waals surface area contributed by atoms with Crippen molar-refractivity contribution in [3.05, 3.63) is 71.5 Å². The minimum atomic E-state index is -0.679. The first-order chi connectivity index (χ1) is 19.4. The number of esters is 1. The van der Waals surface area contributed by atoms with Crippen molar-refractivity contribution < 1.29 is 33.7 Å². The number of ether oxygens (including phenoxy) is 3. The highest BCUT2D eigenvalue weighted by Crippen LogP contribution is 2.39. The fourth-order valence-electron chi connectivity index (χ4n) is 4.63. The van der Waals surface area contributed by atoms with E-state index in [9.17, 15) is 19.5 Å². The standard InChI is InChI=1S/C30H39N3O7/c1-3-39-30-22(9-8-18-34)23(20-13-15-21(16-14-20)29(37)38-2)19-26(40-30)28(36)32-17-7-6-12-27(35)33-25-11-5-4-10-24(25)31/h4-5,10-11,13-16,19,22-23,30,34H,3,6-9,12,17-18,31H2,1-2H3,(H,32,36)(H,33,35)/t22-,23+,30+/m0/s1. The van der Waals surface area contributed by atoms with Crippen molar-refractivity contribution in [1.29, 1.82) is 0 Å². The lowest BCUT2D eigenvalue weighted by atomic mass is 9.80. The first kappa shape index (κ1) is 30.6. The number of unbranched alkanes of at least 4 members (excludes halogenated alkanes) is 1. The molecular formula is C30H39N3O7. The van der Waals surface area contributed by atoms with Gasteiger partial charge in [-0.05, 0) is 68.5 Å². The number of para-hydroxylation sites is 2. The van der Waals surface area contributed by atoms with Gasteiger partial charge in [0.25, 0.3) is 5.91 Å². The van der Waals surface area contributed by atoms with Gasteiger partial charge >= 0.3 is 5.97 Å². The number of aliphatic hydroxyl groups is 1. The maximum absolute atomic E-state index is 13.0. The molecule has 0 aliphatic carbocycles. The number of anilines is 2. The first-order valence-corrected chi connectivity index (χ1v) is 13.6. The highest BCUT2D eigenvalue weighted by atomic mass is 16.7. The molecule has 0 saturated carbocycles. The third-order valence-electron chi connectivity index (χ3n) is 6.70. The number of amides is 2. The van der Waals surface area contributed by atoms with Gasteiger partial charge < -0.3 is 35.7 Å². The number of carbonyl (C=O) groups is 3. The normalized spacial score (nSPS) is 18.3. The molecule has 10 nitrogen and oxygen atoms in total. The summed E-state index contributed by atoms with van der Waals surface area (Å²) in [5.41, 5.74) is 8.26. The third-order valence-corrected chi connectivity index (χ3v) is 6.70. The van der Waals surface area contributed by atoms with Crippen LogP contribution in [0.5, 0.6) is 0 Å². The topological polar surface area (TPSA) is 149 Å². The summed E-state index contributed by atoms with van der Waals surface area (Å²) in [6.45, 7) is 2.63.